The molecule has 6 nitrogen and oxygen atoms in total. The number of fused-ring (bicyclic) bond motifs is 1. The Bertz CT molecular complexity index is 965. The van der Waals surface area contributed by atoms with Gasteiger partial charge < -0.3 is 9.47 Å². The molecule has 1 aliphatic rings. The van der Waals surface area contributed by atoms with Gasteiger partial charge in [-0.25, -0.2) is 21.9 Å². The van der Waals surface area contributed by atoms with Crippen molar-refractivity contribution in [1.82, 2.24) is 4.72 Å². The van der Waals surface area contributed by atoms with Crippen LogP contribution >= 0.6 is 11.6 Å². The lowest BCUT2D eigenvalue weighted by atomic mass is 10.2. The second kappa shape index (κ2) is 6.49. The van der Waals surface area contributed by atoms with Gasteiger partial charge in [-0.05, 0) is 24.3 Å². The molecule has 0 aromatic heterocycles. The molecule has 0 atom stereocenters. The second-order valence-electron chi connectivity index (χ2n) is 4.99. The van der Waals surface area contributed by atoms with Crippen LogP contribution in [0.3, 0.4) is 0 Å². The number of sulfonamides is 1. The van der Waals surface area contributed by atoms with Crippen molar-refractivity contribution in [2.24, 2.45) is 0 Å². The highest BCUT2D eigenvalue weighted by Crippen LogP contribution is 2.38. The van der Waals surface area contributed by atoms with E-state index in [1.807, 2.05) is 0 Å². The summed E-state index contributed by atoms with van der Waals surface area (Å²) in [6.07, 6.45) is 0. The molecule has 0 fully saturated rings. The highest BCUT2D eigenvalue weighted by atomic mass is 35.5. The molecule has 0 saturated heterocycles. The summed E-state index contributed by atoms with van der Waals surface area (Å²) in [5, 5.41) is 0.0627. The molecule has 1 N–H and O–H groups in total. The van der Waals surface area contributed by atoms with Crippen LogP contribution in [0.25, 0.3) is 0 Å². The normalized spacial score (nSPS) is 13.4. The first-order chi connectivity index (χ1) is 11.8. The van der Waals surface area contributed by atoms with Gasteiger partial charge in [-0.15, -0.1) is 0 Å². The molecule has 1 aliphatic heterocycles. The zero-order chi connectivity index (χ0) is 18.2. The first-order valence-corrected chi connectivity index (χ1v) is 8.75. The number of ether oxygens (including phenoxy) is 2. The minimum Gasteiger partial charge on any atom is -0.486 e. The van der Waals surface area contributed by atoms with Crippen LogP contribution in [-0.2, 0) is 10.0 Å². The molecule has 0 saturated carbocycles. The molecule has 3 rings (SSSR count). The zero-order valence-electron chi connectivity index (χ0n) is 12.4. The molecule has 132 valence electrons. The summed E-state index contributed by atoms with van der Waals surface area (Å²) in [6.45, 7) is 0.532. The molecular weight excluding hydrogens is 380 g/mol. The summed E-state index contributed by atoms with van der Waals surface area (Å²) < 4.78 is 63.1. The van der Waals surface area contributed by atoms with Gasteiger partial charge >= 0.3 is 0 Å². The van der Waals surface area contributed by atoms with E-state index in [1.54, 1.807) is 4.72 Å². The van der Waals surface area contributed by atoms with Gasteiger partial charge in [0.2, 0.25) is 0 Å². The topological polar surface area (TPSA) is 81.7 Å². The number of carbonyl (C=O) groups is 1. The molecule has 1 amide bonds. The molecule has 25 heavy (non-hydrogen) atoms. The van der Waals surface area contributed by atoms with Crippen LogP contribution < -0.4 is 14.2 Å². The number of amides is 1. The lowest BCUT2D eigenvalue weighted by Crippen LogP contribution is -2.31. The Morgan fingerprint density at radius 2 is 1.84 bits per heavy atom. The van der Waals surface area contributed by atoms with E-state index in [9.17, 15) is 22.0 Å². The van der Waals surface area contributed by atoms with E-state index < -0.39 is 32.5 Å². The highest BCUT2D eigenvalue weighted by Gasteiger charge is 2.25. The van der Waals surface area contributed by atoms with Crippen LogP contribution in [0.5, 0.6) is 11.5 Å². The molecule has 0 spiro atoms. The van der Waals surface area contributed by atoms with Gasteiger partial charge in [-0.2, -0.15) is 0 Å². The van der Waals surface area contributed by atoms with Crippen molar-refractivity contribution in [3.05, 3.63) is 52.6 Å². The third-order valence-corrected chi connectivity index (χ3v) is 4.91. The molecule has 1 heterocycles. The maximum Gasteiger partial charge on any atom is 0.267 e. The first-order valence-electron chi connectivity index (χ1n) is 6.89. The maximum absolute atomic E-state index is 13.7. The van der Waals surface area contributed by atoms with Crippen LogP contribution in [-0.4, -0.2) is 27.5 Å². The number of benzene rings is 2. The molecule has 10 heteroatoms. The average molecular weight is 390 g/mol. The fourth-order valence-electron chi connectivity index (χ4n) is 2.17. The van der Waals surface area contributed by atoms with Crippen molar-refractivity contribution in [2.45, 2.75) is 4.90 Å². The van der Waals surface area contributed by atoms with Crippen LogP contribution in [0.4, 0.5) is 8.78 Å². The Labute approximate surface area is 146 Å². The van der Waals surface area contributed by atoms with E-state index in [2.05, 4.69) is 0 Å². The Kier molecular flexibility index (Phi) is 4.53. The molecule has 0 radical (unpaired) electrons. The van der Waals surface area contributed by atoms with E-state index >= 15 is 0 Å². The maximum atomic E-state index is 13.7. The summed E-state index contributed by atoms with van der Waals surface area (Å²) >= 11 is 5.99. The predicted molar refractivity (Wildman–Crippen MR) is 83.5 cm³/mol. The Balaban J connectivity index is 1.90. The quantitative estimate of drug-likeness (QED) is 0.872. The molecule has 2 aromatic carbocycles. The fraction of sp³-hybridized carbons (Fsp3) is 0.133. The van der Waals surface area contributed by atoms with Gasteiger partial charge in [0.1, 0.15) is 29.7 Å². The SMILES string of the molecule is O=C(NS(=O)(=O)c1ccc(F)cc1F)c1cc(Cl)c2c(c1)OCCO2. The monoisotopic (exact) mass is 389 g/mol. The van der Waals surface area contributed by atoms with Crippen molar-refractivity contribution in [3.8, 4) is 11.5 Å². The van der Waals surface area contributed by atoms with Gasteiger partial charge in [0.05, 0.1) is 5.02 Å². The second-order valence-corrected chi connectivity index (χ2v) is 7.05. The van der Waals surface area contributed by atoms with Gasteiger partial charge in [0.15, 0.2) is 11.5 Å². The van der Waals surface area contributed by atoms with Crippen molar-refractivity contribution in [3.63, 3.8) is 0 Å². The van der Waals surface area contributed by atoms with Gasteiger partial charge in [-0.3, -0.25) is 4.79 Å². The molecule has 0 aliphatic carbocycles. The number of carbonyl (C=O) groups excluding carboxylic acids is 1. The lowest BCUT2D eigenvalue weighted by Gasteiger charge is -2.20. The summed E-state index contributed by atoms with van der Waals surface area (Å²) in [6, 6.07) is 4.34. The largest absolute Gasteiger partial charge is 0.486 e. The smallest absolute Gasteiger partial charge is 0.267 e. The van der Waals surface area contributed by atoms with Crippen molar-refractivity contribution >= 4 is 27.5 Å². The summed E-state index contributed by atoms with van der Waals surface area (Å²) in [5.41, 5.74) is -0.125. The molecular formula is C15H10ClF2NO5S. The number of rotatable bonds is 3. The summed E-state index contributed by atoms with van der Waals surface area (Å²) in [5.74, 6) is -2.88. The van der Waals surface area contributed by atoms with Gasteiger partial charge in [0, 0.05) is 11.6 Å². The summed E-state index contributed by atoms with van der Waals surface area (Å²) in [7, 11) is -4.55. The van der Waals surface area contributed by atoms with Gasteiger partial charge in [-0.1, -0.05) is 11.6 Å². The zero-order valence-corrected chi connectivity index (χ0v) is 14.0. The number of hydrogen-bond acceptors (Lipinski definition) is 5. The Morgan fingerprint density at radius 1 is 1.12 bits per heavy atom. The Morgan fingerprint density at radius 3 is 2.56 bits per heavy atom. The highest BCUT2D eigenvalue weighted by molar-refractivity contribution is 7.90. The van der Waals surface area contributed by atoms with E-state index in [4.69, 9.17) is 21.1 Å². The van der Waals surface area contributed by atoms with E-state index in [0.717, 1.165) is 12.1 Å². The third kappa shape index (κ3) is 3.52. The van der Waals surface area contributed by atoms with Crippen LogP contribution in [0, 0.1) is 11.6 Å². The van der Waals surface area contributed by atoms with E-state index in [0.29, 0.717) is 6.07 Å². The fourth-order valence-corrected chi connectivity index (χ4v) is 3.47. The Hall–Kier alpha value is -2.39. The summed E-state index contributed by atoms with van der Waals surface area (Å²) in [4.78, 5) is 11.4. The third-order valence-electron chi connectivity index (χ3n) is 3.27. The van der Waals surface area contributed by atoms with E-state index in [-0.39, 0.29) is 35.3 Å². The number of hydrogen-bond donors (Lipinski definition) is 1. The first kappa shape index (κ1) is 17.4. The van der Waals surface area contributed by atoms with Crippen LogP contribution in [0.1, 0.15) is 10.4 Å². The molecule has 2 aromatic rings. The molecule has 0 bridgehead atoms. The number of halogens is 3. The van der Waals surface area contributed by atoms with Gasteiger partial charge in [0.25, 0.3) is 15.9 Å². The predicted octanol–water partition coefficient (Wildman–Crippen LogP) is 2.51. The van der Waals surface area contributed by atoms with Crippen molar-refractivity contribution in [2.75, 3.05) is 13.2 Å². The lowest BCUT2D eigenvalue weighted by molar-refractivity contribution is 0.0980. The average Bonchev–Trinajstić information content (AvgIpc) is 2.54. The standard InChI is InChI=1S/C15H10ClF2NO5S/c16-10-5-8(6-12-14(10)24-4-3-23-12)15(20)19-25(21,22)13-2-1-9(17)7-11(13)18/h1-2,5-7H,3-4H2,(H,19,20). The van der Waals surface area contributed by atoms with Crippen molar-refractivity contribution in [1.29, 1.82) is 0 Å². The molecule has 0 unspecified atom stereocenters. The van der Waals surface area contributed by atoms with E-state index in [1.165, 1.54) is 12.1 Å². The minimum absolute atomic E-state index is 0.0627. The van der Waals surface area contributed by atoms with Crippen LogP contribution in [0.2, 0.25) is 5.02 Å². The van der Waals surface area contributed by atoms with Crippen LogP contribution in [0.15, 0.2) is 35.2 Å². The minimum atomic E-state index is -4.55. The van der Waals surface area contributed by atoms with Crippen molar-refractivity contribution < 1.29 is 31.5 Å². The number of nitrogens with one attached hydrogen (secondary N) is 1.